The van der Waals surface area contributed by atoms with Crippen LogP contribution in [0.3, 0.4) is 0 Å². The number of likely N-dealkylation sites (tertiary alicyclic amines) is 2. The molecule has 0 radical (unpaired) electrons. The summed E-state index contributed by atoms with van der Waals surface area (Å²) >= 11 is 0. The van der Waals surface area contributed by atoms with Gasteiger partial charge in [0.1, 0.15) is 0 Å². The lowest BCUT2D eigenvalue weighted by atomic mass is 9.84. The van der Waals surface area contributed by atoms with Gasteiger partial charge in [0.05, 0.1) is 11.6 Å². The van der Waals surface area contributed by atoms with Gasteiger partial charge in [-0.15, -0.1) is 0 Å². The number of hydrogen-bond acceptors (Lipinski definition) is 4. The second-order valence-electron chi connectivity index (χ2n) is 12.6. The van der Waals surface area contributed by atoms with E-state index >= 15 is 0 Å². The second kappa shape index (κ2) is 13.7. The third kappa shape index (κ3) is 6.93. The number of unbranched alkanes of at least 4 members (excludes halogenated alkanes) is 1. The number of hydrogen-bond donors (Lipinski definition) is 0. The summed E-state index contributed by atoms with van der Waals surface area (Å²) in [5.74, 6) is 0.619. The van der Waals surface area contributed by atoms with Crippen molar-refractivity contribution in [1.82, 2.24) is 14.4 Å². The van der Waals surface area contributed by atoms with Crippen LogP contribution in [-0.4, -0.2) is 59.4 Å². The van der Waals surface area contributed by atoms with E-state index in [2.05, 4.69) is 82.1 Å². The van der Waals surface area contributed by atoms with Crippen molar-refractivity contribution in [1.29, 1.82) is 5.26 Å². The fourth-order valence-corrected chi connectivity index (χ4v) is 7.23. The van der Waals surface area contributed by atoms with Crippen LogP contribution in [0.2, 0.25) is 0 Å². The topological polar surface area (TPSA) is 52.3 Å². The molecule has 2 aliphatic heterocycles. The molecule has 6 rings (SSSR count). The van der Waals surface area contributed by atoms with Crippen molar-refractivity contribution in [2.24, 2.45) is 0 Å². The summed E-state index contributed by atoms with van der Waals surface area (Å²) in [6.45, 7) is 9.91. The Kier molecular flexibility index (Phi) is 9.36. The molecule has 0 atom stereocenters. The highest BCUT2D eigenvalue weighted by Gasteiger charge is 2.23. The number of carbonyl (C=O) groups excluding carboxylic acids is 1. The fraction of sp³-hybridized carbons (Fsp3) is 0.421. The first-order valence-electron chi connectivity index (χ1n) is 16.3. The summed E-state index contributed by atoms with van der Waals surface area (Å²) in [4.78, 5) is 18.3. The van der Waals surface area contributed by atoms with Crippen LogP contribution in [0.15, 0.2) is 72.9 Å². The van der Waals surface area contributed by atoms with Gasteiger partial charge in [-0.3, -0.25) is 4.79 Å². The average molecular weight is 573 g/mol. The average Bonchev–Trinajstić information content (AvgIpc) is 3.70. The Morgan fingerprint density at radius 2 is 1.60 bits per heavy atom. The van der Waals surface area contributed by atoms with Crippen molar-refractivity contribution in [3.63, 3.8) is 0 Å². The highest BCUT2D eigenvalue weighted by Crippen LogP contribution is 2.36. The predicted molar refractivity (Wildman–Crippen MR) is 176 cm³/mol. The summed E-state index contributed by atoms with van der Waals surface area (Å²) in [6.07, 6.45) is 9.62. The molecule has 0 spiro atoms. The van der Waals surface area contributed by atoms with E-state index in [0.717, 1.165) is 69.5 Å². The molecule has 4 aromatic rings. The highest BCUT2D eigenvalue weighted by atomic mass is 16.1. The molecule has 2 fully saturated rings. The number of ketones is 1. The van der Waals surface area contributed by atoms with Gasteiger partial charge in [0, 0.05) is 42.2 Å². The number of nitrogens with zero attached hydrogens (tertiary/aromatic N) is 4. The normalized spacial score (nSPS) is 16.6. The molecule has 0 aliphatic carbocycles. The molecule has 2 aliphatic rings. The second-order valence-corrected chi connectivity index (χ2v) is 12.6. The molecule has 43 heavy (non-hydrogen) atoms. The molecular weight excluding hydrogens is 528 g/mol. The molecule has 0 saturated carbocycles. The van der Waals surface area contributed by atoms with Crippen LogP contribution >= 0.6 is 0 Å². The van der Waals surface area contributed by atoms with E-state index in [1.165, 1.54) is 48.0 Å². The van der Waals surface area contributed by atoms with Gasteiger partial charge < -0.3 is 14.4 Å². The van der Waals surface area contributed by atoms with Gasteiger partial charge >= 0.3 is 0 Å². The van der Waals surface area contributed by atoms with Crippen molar-refractivity contribution < 1.29 is 4.79 Å². The largest absolute Gasteiger partial charge is 0.346 e. The van der Waals surface area contributed by atoms with Gasteiger partial charge in [-0.25, -0.2) is 0 Å². The van der Waals surface area contributed by atoms with Gasteiger partial charge in [0.2, 0.25) is 0 Å². The summed E-state index contributed by atoms with van der Waals surface area (Å²) in [7, 11) is 0. The molecule has 222 valence electrons. The maximum Gasteiger partial charge on any atom is 0.162 e. The van der Waals surface area contributed by atoms with Crippen LogP contribution in [0.5, 0.6) is 0 Å². The zero-order valence-corrected chi connectivity index (χ0v) is 25.6. The van der Waals surface area contributed by atoms with Crippen LogP contribution in [0.4, 0.5) is 0 Å². The standard InChI is InChI=1S/C38H44N4O/c1-29-28-42(37-13-5-4-10-34(29)37)23-22-41-20-15-31(16-21-41)35-11-2-3-12-36(35)32-24-30(27-39)25-33(26-32)38(43)14-6-7-17-40-18-8-9-19-40/h2-5,10-13,24-26,28,31H,6-9,14-23H2,1H3. The van der Waals surface area contributed by atoms with Crippen molar-refractivity contribution in [2.75, 3.05) is 39.3 Å². The minimum Gasteiger partial charge on any atom is -0.346 e. The Morgan fingerprint density at radius 1 is 0.860 bits per heavy atom. The zero-order chi connectivity index (χ0) is 29.6. The van der Waals surface area contributed by atoms with Crippen molar-refractivity contribution >= 4 is 16.7 Å². The van der Waals surface area contributed by atoms with Crippen LogP contribution in [0.1, 0.15) is 77.9 Å². The quantitative estimate of drug-likeness (QED) is 0.136. The van der Waals surface area contributed by atoms with E-state index in [9.17, 15) is 10.1 Å². The van der Waals surface area contributed by atoms with Gasteiger partial charge in [-0.1, -0.05) is 42.5 Å². The Bertz CT molecular complexity index is 1600. The van der Waals surface area contributed by atoms with Gasteiger partial charge in [-0.05, 0) is 131 Å². The molecule has 5 nitrogen and oxygen atoms in total. The molecule has 1 aromatic heterocycles. The molecule has 0 unspecified atom stereocenters. The summed E-state index contributed by atoms with van der Waals surface area (Å²) in [6, 6.07) is 25.4. The fourth-order valence-electron chi connectivity index (χ4n) is 7.23. The van der Waals surface area contributed by atoms with E-state index in [1.807, 2.05) is 12.1 Å². The number of aromatic nitrogens is 1. The highest BCUT2D eigenvalue weighted by molar-refractivity contribution is 5.97. The minimum absolute atomic E-state index is 0.149. The third-order valence-corrected chi connectivity index (χ3v) is 9.66. The molecule has 3 aromatic carbocycles. The molecule has 2 saturated heterocycles. The first-order valence-corrected chi connectivity index (χ1v) is 16.3. The molecule has 0 bridgehead atoms. The number of Topliss-reactive ketones (excluding diaryl/α,β-unsaturated/α-hetero) is 1. The number of benzene rings is 3. The van der Waals surface area contributed by atoms with Gasteiger partial charge in [-0.2, -0.15) is 5.26 Å². The first kappa shape index (κ1) is 29.4. The van der Waals surface area contributed by atoms with Gasteiger partial charge in [0.15, 0.2) is 5.78 Å². The lowest BCUT2D eigenvalue weighted by molar-refractivity contribution is 0.0978. The number of fused-ring (bicyclic) bond motifs is 1. The first-order chi connectivity index (χ1) is 21.1. The van der Waals surface area contributed by atoms with Crippen molar-refractivity contribution in [3.8, 4) is 17.2 Å². The predicted octanol–water partition coefficient (Wildman–Crippen LogP) is 7.82. The van der Waals surface area contributed by atoms with E-state index < -0.39 is 0 Å². The maximum atomic E-state index is 13.2. The van der Waals surface area contributed by atoms with Crippen LogP contribution < -0.4 is 0 Å². The zero-order valence-electron chi connectivity index (χ0n) is 25.6. The third-order valence-electron chi connectivity index (χ3n) is 9.66. The molecule has 0 N–H and O–H groups in total. The molecule has 3 heterocycles. The lowest BCUT2D eigenvalue weighted by Gasteiger charge is -2.33. The minimum atomic E-state index is 0.149. The van der Waals surface area contributed by atoms with Crippen LogP contribution in [0, 0.1) is 18.3 Å². The summed E-state index contributed by atoms with van der Waals surface area (Å²) in [5, 5.41) is 11.2. The Morgan fingerprint density at radius 3 is 2.42 bits per heavy atom. The molecule has 0 amide bonds. The van der Waals surface area contributed by atoms with Crippen LogP contribution in [0.25, 0.3) is 22.0 Å². The van der Waals surface area contributed by atoms with E-state index in [0.29, 0.717) is 23.5 Å². The number of aryl methyl sites for hydroxylation is 1. The van der Waals surface area contributed by atoms with E-state index in [4.69, 9.17) is 0 Å². The summed E-state index contributed by atoms with van der Waals surface area (Å²) < 4.78 is 2.40. The number of carbonyl (C=O) groups is 1. The number of para-hydroxylation sites is 1. The number of piperidine rings is 1. The van der Waals surface area contributed by atoms with E-state index in [-0.39, 0.29) is 5.78 Å². The Labute approximate surface area is 256 Å². The monoisotopic (exact) mass is 572 g/mol. The lowest BCUT2D eigenvalue weighted by Crippen LogP contribution is -2.35. The molecular formula is C38H44N4O. The van der Waals surface area contributed by atoms with E-state index in [1.54, 1.807) is 6.07 Å². The SMILES string of the molecule is Cc1cn(CCN2CCC(c3ccccc3-c3cc(C#N)cc(C(=O)CCCCN4CCCC4)c3)CC2)c2ccccc12. The number of rotatable bonds is 11. The Hall–Kier alpha value is -3.72. The Balaban J connectivity index is 1.10. The van der Waals surface area contributed by atoms with Crippen molar-refractivity contribution in [2.45, 2.75) is 64.3 Å². The van der Waals surface area contributed by atoms with Gasteiger partial charge in [0.25, 0.3) is 0 Å². The van der Waals surface area contributed by atoms with Crippen LogP contribution in [-0.2, 0) is 6.54 Å². The number of nitriles is 1. The van der Waals surface area contributed by atoms with Crippen molar-refractivity contribution in [3.05, 3.63) is 95.2 Å². The maximum absolute atomic E-state index is 13.2. The summed E-state index contributed by atoms with van der Waals surface area (Å²) in [5.41, 5.74) is 7.40. The smallest absolute Gasteiger partial charge is 0.162 e. The molecule has 5 heteroatoms.